The molecule has 1 fully saturated rings. The lowest BCUT2D eigenvalue weighted by Gasteiger charge is -2.26. The summed E-state index contributed by atoms with van der Waals surface area (Å²) in [6.45, 7) is 6.96. The molecule has 1 aromatic heterocycles. The van der Waals surface area contributed by atoms with E-state index in [1.807, 2.05) is 67.3 Å². The number of aromatic nitrogens is 2. The molecule has 0 saturated carbocycles. The first kappa shape index (κ1) is 30.2. The highest BCUT2D eigenvalue weighted by Gasteiger charge is 2.13. The minimum Gasteiger partial charge on any atom is -0.406 e. The van der Waals surface area contributed by atoms with Gasteiger partial charge in [-0.1, -0.05) is 48.7 Å². The molecule has 1 aliphatic heterocycles. The minimum atomic E-state index is 0.676. The molecule has 2 aliphatic rings. The van der Waals surface area contributed by atoms with Gasteiger partial charge in [0.05, 0.1) is 37.3 Å². The first-order valence-electron chi connectivity index (χ1n) is 12.4. The molecule has 8 nitrogen and oxygen atoms in total. The van der Waals surface area contributed by atoms with Crippen LogP contribution in [-0.2, 0) is 4.74 Å². The van der Waals surface area contributed by atoms with Crippen LogP contribution in [0, 0.1) is 0 Å². The number of fused-ring (bicyclic) bond motifs is 1. The maximum atomic E-state index is 7.00. The predicted octanol–water partition coefficient (Wildman–Crippen LogP) is 5.42. The van der Waals surface area contributed by atoms with E-state index in [1.165, 1.54) is 18.4 Å². The smallest absolute Gasteiger partial charge is 0.174 e. The molecule has 37 heavy (non-hydrogen) atoms. The molecule has 200 valence electrons. The molecular weight excluding hydrogens is 485 g/mol. The fourth-order valence-electron chi connectivity index (χ4n) is 3.56. The number of hydrogen-bond donors (Lipinski definition) is 3. The molecule has 0 amide bonds. The second-order valence-corrected chi connectivity index (χ2v) is 7.87. The number of nitrogens with zero attached hydrogens (tertiary/aromatic N) is 3. The highest BCUT2D eigenvalue weighted by molar-refractivity contribution is 7.15. The first-order valence-corrected chi connectivity index (χ1v) is 13.5. The van der Waals surface area contributed by atoms with Crippen molar-refractivity contribution >= 4 is 37.6 Å². The highest BCUT2D eigenvalue weighted by atomic mass is 31.0. The zero-order valence-corrected chi connectivity index (χ0v) is 23.4. The lowest BCUT2D eigenvalue weighted by molar-refractivity contribution is -0.118. The summed E-state index contributed by atoms with van der Waals surface area (Å²) in [5.74, 6) is 2.15. The van der Waals surface area contributed by atoms with E-state index >= 15 is 0 Å². The Labute approximate surface area is 223 Å². The Morgan fingerprint density at radius 2 is 1.62 bits per heavy atom. The summed E-state index contributed by atoms with van der Waals surface area (Å²) in [6, 6.07) is 15.6. The van der Waals surface area contributed by atoms with Crippen LogP contribution in [-0.4, -0.2) is 67.3 Å². The van der Waals surface area contributed by atoms with E-state index in [1.54, 1.807) is 0 Å². The van der Waals surface area contributed by atoms with Crippen LogP contribution in [0.5, 0.6) is 5.75 Å². The number of allylic oxidation sites excluding steroid dienone is 4. The van der Waals surface area contributed by atoms with Crippen molar-refractivity contribution in [2.45, 2.75) is 19.8 Å². The Hall–Kier alpha value is -3.03. The van der Waals surface area contributed by atoms with Crippen LogP contribution in [0.4, 0.5) is 17.3 Å². The van der Waals surface area contributed by atoms with E-state index in [4.69, 9.17) is 14.7 Å². The van der Waals surface area contributed by atoms with E-state index in [2.05, 4.69) is 55.0 Å². The number of anilines is 3. The molecule has 3 aromatic rings. The Morgan fingerprint density at radius 3 is 2.19 bits per heavy atom. The topological polar surface area (TPSA) is 91.8 Å². The van der Waals surface area contributed by atoms with Crippen molar-refractivity contribution in [2.75, 3.05) is 57.8 Å². The third-order valence-corrected chi connectivity index (χ3v) is 5.29. The third kappa shape index (κ3) is 10.1. The standard InChI is InChI=1S/C19H21N5O2.C7H10.CH4O.CH5P/c1-20-18-19(23-17-8-3-2-7-16(17)22-18)21-14-5-4-6-15(13-14)26-24-9-11-25-12-10-24;1-7-5-3-2-4-6-7;2*1-2/h2-8,13H,9-12H2,1H3,(H,20,22)(H,21,23);3,5-6H,2,4H2,1H3;2H,1H3;2H2,1H3. The number of aliphatic hydroxyl groups excluding tert-OH is 1. The van der Waals surface area contributed by atoms with Crippen molar-refractivity contribution in [1.82, 2.24) is 15.0 Å². The second-order valence-electron chi connectivity index (χ2n) is 7.87. The molecular formula is C28H40N5O3P. The van der Waals surface area contributed by atoms with Gasteiger partial charge in [-0.25, -0.2) is 9.97 Å². The maximum absolute atomic E-state index is 7.00. The Balaban J connectivity index is 0.000000371. The SMILES string of the molecule is CC1=CCCC=C1.CNc1nc2ccccc2nc1Nc1cccc(ON2CCOCC2)c1.CO.CP. The summed E-state index contributed by atoms with van der Waals surface area (Å²) >= 11 is 0. The van der Waals surface area contributed by atoms with E-state index in [9.17, 15) is 0 Å². The van der Waals surface area contributed by atoms with E-state index in [0.29, 0.717) is 24.8 Å². The molecule has 0 bridgehead atoms. The van der Waals surface area contributed by atoms with Crippen molar-refractivity contribution in [3.8, 4) is 5.75 Å². The number of para-hydroxylation sites is 2. The zero-order valence-electron chi connectivity index (χ0n) is 22.3. The molecule has 2 heterocycles. The van der Waals surface area contributed by atoms with Gasteiger partial charge in [0.25, 0.3) is 0 Å². The average molecular weight is 526 g/mol. The molecule has 0 spiro atoms. The van der Waals surface area contributed by atoms with Crippen molar-refractivity contribution < 1.29 is 14.7 Å². The molecule has 5 rings (SSSR count). The summed E-state index contributed by atoms with van der Waals surface area (Å²) in [6.07, 6.45) is 9.12. The number of benzene rings is 2. The van der Waals surface area contributed by atoms with Gasteiger partial charge in [-0.3, -0.25) is 0 Å². The van der Waals surface area contributed by atoms with Gasteiger partial charge < -0.3 is 25.3 Å². The maximum Gasteiger partial charge on any atom is 0.174 e. The number of rotatable bonds is 5. The average Bonchev–Trinajstić information content (AvgIpc) is 2.96. The van der Waals surface area contributed by atoms with Gasteiger partial charge in [0.2, 0.25) is 0 Å². The summed E-state index contributed by atoms with van der Waals surface area (Å²) in [7, 11) is 5.25. The minimum absolute atomic E-state index is 0.676. The largest absolute Gasteiger partial charge is 0.406 e. The van der Waals surface area contributed by atoms with Crippen LogP contribution in [0.15, 0.2) is 72.3 Å². The number of hydrogen-bond acceptors (Lipinski definition) is 8. The Kier molecular flexibility index (Phi) is 14.2. The molecule has 9 heteroatoms. The predicted molar refractivity (Wildman–Crippen MR) is 158 cm³/mol. The van der Waals surface area contributed by atoms with Gasteiger partial charge in [-0.15, -0.1) is 14.3 Å². The lowest BCUT2D eigenvalue weighted by Crippen LogP contribution is -2.38. The van der Waals surface area contributed by atoms with E-state index in [0.717, 1.165) is 42.7 Å². The van der Waals surface area contributed by atoms with Gasteiger partial charge in [0.1, 0.15) is 5.75 Å². The first-order chi connectivity index (χ1) is 18.2. The Bertz CT molecular complexity index is 1130. The molecule has 1 atom stereocenters. The zero-order chi connectivity index (χ0) is 26.9. The molecule has 1 aliphatic carbocycles. The van der Waals surface area contributed by atoms with Crippen LogP contribution >= 0.6 is 9.24 Å². The summed E-state index contributed by atoms with van der Waals surface area (Å²) in [4.78, 5) is 15.2. The number of morpholine rings is 1. The fourth-order valence-corrected chi connectivity index (χ4v) is 3.56. The lowest BCUT2D eigenvalue weighted by atomic mass is 10.1. The molecule has 0 radical (unpaired) electrons. The second kappa shape index (κ2) is 17.4. The van der Waals surface area contributed by atoms with E-state index < -0.39 is 0 Å². The number of nitrogens with one attached hydrogen (secondary N) is 2. The van der Waals surface area contributed by atoms with Crippen molar-refractivity contribution in [3.05, 3.63) is 72.3 Å². The monoisotopic (exact) mass is 525 g/mol. The quantitative estimate of drug-likeness (QED) is 0.380. The number of ether oxygens (including phenoxy) is 1. The summed E-state index contributed by atoms with van der Waals surface area (Å²) < 4.78 is 5.34. The highest BCUT2D eigenvalue weighted by Crippen LogP contribution is 2.26. The normalized spacial score (nSPS) is 14.5. The fraction of sp³-hybridized carbons (Fsp3) is 0.357. The summed E-state index contributed by atoms with van der Waals surface area (Å²) in [5, 5.41) is 15.3. The van der Waals surface area contributed by atoms with Gasteiger partial charge >= 0.3 is 0 Å². The Morgan fingerprint density at radius 1 is 0.946 bits per heavy atom. The molecule has 2 aromatic carbocycles. The van der Waals surface area contributed by atoms with Gasteiger partial charge in [-0.05, 0) is 44.0 Å². The number of aliphatic hydroxyl groups is 1. The van der Waals surface area contributed by atoms with Crippen molar-refractivity contribution in [1.29, 1.82) is 0 Å². The van der Waals surface area contributed by atoms with Crippen LogP contribution in [0.1, 0.15) is 19.8 Å². The third-order valence-electron chi connectivity index (χ3n) is 5.29. The van der Waals surface area contributed by atoms with Crippen LogP contribution in [0.2, 0.25) is 0 Å². The van der Waals surface area contributed by atoms with Crippen LogP contribution < -0.4 is 15.5 Å². The molecule has 1 unspecified atom stereocenters. The van der Waals surface area contributed by atoms with Crippen molar-refractivity contribution in [2.24, 2.45) is 0 Å². The van der Waals surface area contributed by atoms with Gasteiger partial charge in [0, 0.05) is 25.9 Å². The van der Waals surface area contributed by atoms with Gasteiger partial charge in [-0.2, -0.15) is 0 Å². The van der Waals surface area contributed by atoms with Crippen molar-refractivity contribution in [3.63, 3.8) is 0 Å². The van der Waals surface area contributed by atoms with E-state index in [-0.39, 0.29) is 0 Å². The van der Waals surface area contributed by atoms with Crippen LogP contribution in [0.25, 0.3) is 11.0 Å². The van der Waals surface area contributed by atoms with Crippen LogP contribution in [0.3, 0.4) is 0 Å². The molecule has 3 N–H and O–H groups in total. The molecule has 1 saturated heterocycles. The number of hydroxylamine groups is 2. The summed E-state index contributed by atoms with van der Waals surface area (Å²) in [5.41, 5.74) is 3.99. The van der Waals surface area contributed by atoms with Gasteiger partial charge in [0.15, 0.2) is 11.6 Å².